The van der Waals surface area contributed by atoms with E-state index in [0.29, 0.717) is 35.3 Å². The third-order valence-corrected chi connectivity index (χ3v) is 7.76. The first-order valence-corrected chi connectivity index (χ1v) is 14.1. The number of aromatic amines is 1. The van der Waals surface area contributed by atoms with E-state index in [1.54, 1.807) is 35.6 Å². The van der Waals surface area contributed by atoms with Crippen LogP contribution < -0.4 is 16.6 Å². The second-order valence-electron chi connectivity index (χ2n) is 9.89. The summed E-state index contributed by atoms with van der Waals surface area (Å²) in [6.45, 7) is 5.94. The van der Waals surface area contributed by atoms with Crippen LogP contribution in [0.3, 0.4) is 0 Å². The van der Waals surface area contributed by atoms with E-state index in [4.69, 9.17) is 5.73 Å². The van der Waals surface area contributed by atoms with Gasteiger partial charge >= 0.3 is 0 Å². The highest BCUT2D eigenvalue weighted by Gasteiger charge is 2.23. The lowest BCUT2D eigenvalue weighted by molar-refractivity contribution is 0.0940. The van der Waals surface area contributed by atoms with Gasteiger partial charge in [0.1, 0.15) is 5.56 Å². The highest BCUT2D eigenvalue weighted by Crippen LogP contribution is 2.23. The van der Waals surface area contributed by atoms with Crippen LogP contribution in [0.25, 0.3) is 16.4 Å². The number of rotatable bonds is 6. The summed E-state index contributed by atoms with van der Waals surface area (Å²) >= 11 is 1.50. The number of nitrogens with one attached hydrogen (secondary N) is 2. The molecule has 210 valence electrons. The van der Waals surface area contributed by atoms with Crippen LogP contribution in [0, 0.1) is 25.7 Å². The fourth-order valence-electron chi connectivity index (χ4n) is 4.91. The number of thiazole rings is 1. The average molecular weight is 578 g/mol. The minimum atomic E-state index is -0.553. The normalized spacial score (nSPS) is 11.9. The Morgan fingerprint density at radius 3 is 2.83 bits per heavy atom. The van der Waals surface area contributed by atoms with Crippen molar-refractivity contribution in [1.29, 1.82) is 0 Å². The van der Waals surface area contributed by atoms with Gasteiger partial charge < -0.3 is 20.6 Å². The topological polar surface area (TPSA) is 149 Å². The molecule has 0 saturated heterocycles. The molecule has 42 heavy (non-hydrogen) atoms. The maximum Gasteiger partial charge on any atom is 0.259 e. The predicted octanol–water partition coefficient (Wildman–Crippen LogP) is 3.56. The Kier molecular flexibility index (Phi) is 7.02. The summed E-state index contributed by atoms with van der Waals surface area (Å²) in [6.07, 6.45) is 7.36. The number of amides is 1. The average Bonchev–Trinajstić information content (AvgIpc) is 3.70. The molecule has 4 N–H and O–H groups in total. The molecule has 0 spiro atoms. The fraction of sp³-hybridized carbons (Fsp3) is 0.200. The second-order valence-corrected chi connectivity index (χ2v) is 11.1. The van der Waals surface area contributed by atoms with Crippen molar-refractivity contribution in [3.05, 3.63) is 104 Å². The molecule has 1 amide bonds. The van der Waals surface area contributed by atoms with Gasteiger partial charge in [0.25, 0.3) is 11.5 Å². The van der Waals surface area contributed by atoms with Gasteiger partial charge in [-0.15, -0.1) is 16.4 Å². The number of benzene rings is 1. The number of nitrogen functional groups attached to an aromatic ring is 1. The summed E-state index contributed by atoms with van der Waals surface area (Å²) in [5.74, 6) is 5.96. The van der Waals surface area contributed by atoms with Gasteiger partial charge in [0, 0.05) is 42.3 Å². The molecule has 5 heterocycles. The molecule has 6 rings (SSSR count). The van der Waals surface area contributed by atoms with Crippen LogP contribution in [-0.4, -0.2) is 40.0 Å². The molecule has 0 radical (unpaired) electrons. The molecule has 1 atom stereocenters. The molecule has 6 aromatic rings. The number of pyridine rings is 1. The van der Waals surface area contributed by atoms with Gasteiger partial charge in [0.2, 0.25) is 0 Å². The van der Waals surface area contributed by atoms with Crippen LogP contribution in [0.4, 0.5) is 5.82 Å². The van der Waals surface area contributed by atoms with Gasteiger partial charge in [-0.3, -0.25) is 9.59 Å². The first kappa shape index (κ1) is 26.9. The third-order valence-electron chi connectivity index (χ3n) is 6.93. The van der Waals surface area contributed by atoms with E-state index in [2.05, 4.69) is 42.2 Å². The van der Waals surface area contributed by atoms with Crippen molar-refractivity contribution in [2.24, 2.45) is 0 Å². The zero-order valence-corrected chi connectivity index (χ0v) is 24.0. The Labute approximate surface area is 244 Å². The number of hydrogen-bond donors (Lipinski definition) is 3. The standard InChI is InChI=1S/C30H27N9O2S/c1-17-9-12-39-28(35-17)26(27(31)37-39)29(40)36-18(2)24-13-21-6-4-5-20(7-8-23-15-33-19(3)42-23)25(21)30(41)38(24)11-10-22-14-32-16-34-22/h4-6,9,12-16,18H,10-11H2,1-3H3,(H2,31,37)(H,32,34)(H,36,40)/t18-/m1/s1. The minimum absolute atomic E-state index is 0.0755. The van der Waals surface area contributed by atoms with Crippen LogP contribution in [0.5, 0.6) is 0 Å². The molecule has 1 aromatic carbocycles. The van der Waals surface area contributed by atoms with Gasteiger partial charge in [-0.1, -0.05) is 18.1 Å². The summed E-state index contributed by atoms with van der Waals surface area (Å²) in [5.41, 5.74) is 9.29. The third kappa shape index (κ3) is 5.13. The first-order chi connectivity index (χ1) is 20.3. The molecule has 0 aliphatic heterocycles. The molecule has 0 saturated carbocycles. The van der Waals surface area contributed by atoms with E-state index in [-0.39, 0.29) is 16.9 Å². The quantitative estimate of drug-likeness (QED) is 0.256. The molecule has 0 fully saturated rings. The maximum atomic E-state index is 14.1. The van der Waals surface area contributed by atoms with Gasteiger partial charge in [-0.25, -0.2) is 19.5 Å². The second kappa shape index (κ2) is 10.9. The number of nitrogens with zero attached hydrogens (tertiary/aromatic N) is 6. The molecular formula is C30H27N9O2S. The zero-order valence-electron chi connectivity index (χ0n) is 23.2. The van der Waals surface area contributed by atoms with Crippen molar-refractivity contribution in [3.63, 3.8) is 0 Å². The number of H-pyrrole nitrogens is 1. The summed E-state index contributed by atoms with van der Waals surface area (Å²) in [6, 6.07) is 8.76. The highest BCUT2D eigenvalue weighted by atomic mass is 32.1. The summed E-state index contributed by atoms with van der Waals surface area (Å²) in [5, 5.41) is 9.41. The molecular weight excluding hydrogens is 550 g/mol. The van der Waals surface area contributed by atoms with E-state index >= 15 is 0 Å². The number of carbonyl (C=O) groups is 1. The van der Waals surface area contributed by atoms with Crippen molar-refractivity contribution in [1.82, 2.24) is 39.4 Å². The molecule has 12 heteroatoms. The summed E-state index contributed by atoms with van der Waals surface area (Å²) in [4.78, 5) is 44.4. The lowest BCUT2D eigenvalue weighted by Gasteiger charge is -2.21. The Bertz CT molecular complexity index is 2080. The molecule has 5 aromatic heterocycles. The van der Waals surface area contributed by atoms with Crippen molar-refractivity contribution in [2.45, 2.75) is 39.8 Å². The van der Waals surface area contributed by atoms with E-state index in [9.17, 15) is 9.59 Å². The number of anilines is 1. The lowest BCUT2D eigenvalue weighted by atomic mass is 10.0. The number of imidazole rings is 1. The minimum Gasteiger partial charge on any atom is -0.381 e. The number of aromatic nitrogens is 7. The molecule has 0 bridgehead atoms. The van der Waals surface area contributed by atoms with Crippen LogP contribution in [0.1, 0.15) is 55.9 Å². The van der Waals surface area contributed by atoms with E-state index in [0.717, 1.165) is 26.7 Å². The first-order valence-electron chi connectivity index (χ1n) is 13.3. The Morgan fingerprint density at radius 2 is 2.07 bits per heavy atom. The van der Waals surface area contributed by atoms with E-state index in [1.807, 2.05) is 45.0 Å². The van der Waals surface area contributed by atoms with Gasteiger partial charge in [0.05, 0.1) is 39.5 Å². The van der Waals surface area contributed by atoms with Crippen LogP contribution >= 0.6 is 11.3 Å². The maximum absolute atomic E-state index is 14.1. The summed E-state index contributed by atoms with van der Waals surface area (Å²) < 4.78 is 3.17. The largest absolute Gasteiger partial charge is 0.381 e. The Morgan fingerprint density at radius 1 is 1.21 bits per heavy atom. The van der Waals surface area contributed by atoms with Crippen LogP contribution in [0.2, 0.25) is 0 Å². The number of aryl methyl sites for hydroxylation is 3. The van der Waals surface area contributed by atoms with Gasteiger partial charge in [0.15, 0.2) is 11.5 Å². The smallest absolute Gasteiger partial charge is 0.259 e. The Balaban J connectivity index is 1.42. The van der Waals surface area contributed by atoms with E-state index in [1.165, 1.54) is 15.9 Å². The molecule has 0 unspecified atom stereocenters. The molecule has 0 aliphatic rings. The fourth-order valence-corrected chi connectivity index (χ4v) is 5.54. The van der Waals surface area contributed by atoms with E-state index < -0.39 is 11.9 Å². The van der Waals surface area contributed by atoms with Gasteiger partial charge in [-0.05, 0) is 50.3 Å². The number of carbonyl (C=O) groups excluding carboxylic acids is 1. The van der Waals surface area contributed by atoms with Crippen molar-refractivity contribution in [2.75, 3.05) is 5.73 Å². The van der Waals surface area contributed by atoms with Crippen LogP contribution in [0.15, 0.2) is 60.0 Å². The Hall–Kier alpha value is -5.28. The number of nitrogens with two attached hydrogens (primary N) is 1. The number of fused-ring (bicyclic) bond motifs is 2. The number of hydrogen-bond acceptors (Lipinski definition) is 8. The van der Waals surface area contributed by atoms with Crippen molar-refractivity contribution >= 4 is 39.5 Å². The van der Waals surface area contributed by atoms with Crippen molar-refractivity contribution < 1.29 is 4.79 Å². The highest BCUT2D eigenvalue weighted by molar-refractivity contribution is 7.12. The lowest BCUT2D eigenvalue weighted by Crippen LogP contribution is -2.33. The molecule has 11 nitrogen and oxygen atoms in total. The predicted molar refractivity (Wildman–Crippen MR) is 161 cm³/mol. The monoisotopic (exact) mass is 577 g/mol. The molecule has 0 aliphatic carbocycles. The zero-order chi connectivity index (χ0) is 29.4. The summed E-state index contributed by atoms with van der Waals surface area (Å²) in [7, 11) is 0. The van der Waals surface area contributed by atoms with Crippen molar-refractivity contribution in [3.8, 4) is 11.8 Å². The van der Waals surface area contributed by atoms with Crippen LogP contribution in [-0.2, 0) is 13.0 Å². The SMILES string of the molecule is Cc1ccn2nc(N)c(C(=O)N[C@H](C)c3cc4cccc(C#Cc5cnc(C)s5)c4c(=O)n3CCc3c[nH]cn3)c2n1. The van der Waals surface area contributed by atoms with Gasteiger partial charge in [-0.2, -0.15) is 0 Å².